The minimum absolute atomic E-state index is 0.187. The third-order valence-corrected chi connectivity index (χ3v) is 4.07. The first-order chi connectivity index (χ1) is 10.2. The molecule has 0 bridgehead atoms. The molecule has 110 valence electrons. The van der Waals surface area contributed by atoms with Crippen LogP contribution in [0.2, 0.25) is 0 Å². The molecule has 1 aliphatic heterocycles. The summed E-state index contributed by atoms with van der Waals surface area (Å²) < 4.78 is 0. The summed E-state index contributed by atoms with van der Waals surface area (Å²) in [4.78, 5) is 18.5. The number of hydrogen-bond donors (Lipinski definition) is 2. The van der Waals surface area contributed by atoms with Crippen molar-refractivity contribution in [3.05, 3.63) is 35.9 Å². The van der Waals surface area contributed by atoms with Crippen LogP contribution >= 0.6 is 0 Å². The molecule has 21 heavy (non-hydrogen) atoms. The number of primary amides is 1. The van der Waals surface area contributed by atoms with Crippen molar-refractivity contribution in [2.24, 2.45) is 11.7 Å². The summed E-state index contributed by atoms with van der Waals surface area (Å²) in [7, 11) is 0. The number of para-hydroxylation sites is 1. The van der Waals surface area contributed by atoms with E-state index in [0.717, 1.165) is 42.7 Å². The van der Waals surface area contributed by atoms with E-state index in [4.69, 9.17) is 5.73 Å². The zero-order valence-electron chi connectivity index (χ0n) is 11.8. The minimum atomic E-state index is -0.439. The second kappa shape index (κ2) is 5.69. The number of carbonyl (C=O) groups is 1. The number of piperidine rings is 1. The zero-order valence-corrected chi connectivity index (χ0v) is 11.8. The van der Waals surface area contributed by atoms with E-state index < -0.39 is 5.91 Å². The first kappa shape index (κ1) is 13.8. The Morgan fingerprint density at radius 1 is 1.43 bits per heavy atom. The average molecular weight is 285 g/mol. The lowest BCUT2D eigenvalue weighted by Gasteiger charge is -2.33. The molecule has 3 N–H and O–H groups in total. The number of hydrogen-bond acceptors (Lipinski definition) is 4. The van der Waals surface area contributed by atoms with Crippen LogP contribution in [-0.2, 0) is 0 Å². The summed E-state index contributed by atoms with van der Waals surface area (Å²) in [6.45, 7) is 1.84. The van der Waals surface area contributed by atoms with Crippen molar-refractivity contribution in [1.29, 1.82) is 0 Å². The summed E-state index contributed by atoms with van der Waals surface area (Å²) >= 11 is 0. The number of nitrogens with zero attached hydrogens (tertiary/aromatic N) is 2. The van der Waals surface area contributed by atoms with Gasteiger partial charge >= 0.3 is 0 Å². The number of fused-ring (bicyclic) bond motifs is 1. The van der Waals surface area contributed by atoms with Gasteiger partial charge in [-0.15, -0.1) is 0 Å². The molecule has 5 heteroatoms. The molecule has 1 aliphatic rings. The van der Waals surface area contributed by atoms with Gasteiger partial charge in [-0.1, -0.05) is 18.2 Å². The van der Waals surface area contributed by atoms with Crippen molar-refractivity contribution in [2.45, 2.75) is 12.8 Å². The van der Waals surface area contributed by atoms with Gasteiger partial charge in [-0.3, -0.25) is 4.79 Å². The highest BCUT2D eigenvalue weighted by molar-refractivity contribution is 6.06. The zero-order chi connectivity index (χ0) is 14.8. The predicted molar refractivity (Wildman–Crippen MR) is 82.3 cm³/mol. The molecular formula is C16H19N3O2. The summed E-state index contributed by atoms with van der Waals surface area (Å²) in [6, 6.07) is 9.29. The number of carbonyl (C=O) groups excluding carboxylic acids is 1. The van der Waals surface area contributed by atoms with Crippen LogP contribution in [0.1, 0.15) is 23.2 Å². The summed E-state index contributed by atoms with van der Waals surface area (Å²) in [5, 5.41) is 10.1. The van der Waals surface area contributed by atoms with Gasteiger partial charge in [0.1, 0.15) is 5.82 Å². The second-order valence-electron chi connectivity index (χ2n) is 5.55. The van der Waals surface area contributed by atoms with Crippen molar-refractivity contribution >= 4 is 22.6 Å². The molecule has 1 saturated heterocycles. The van der Waals surface area contributed by atoms with E-state index >= 15 is 0 Å². The maximum absolute atomic E-state index is 11.7. The van der Waals surface area contributed by atoms with E-state index in [1.807, 2.05) is 24.3 Å². The lowest BCUT2D eigenvalue weighted by molar-refractivity contribution is 0.100. The Bertz CT molecular complexity index is 672. The van der Waals surface area contributed by atoms with E-state index in [-0.39, 0.29) is 12.5 Å². The number of aliphatic hydroxyl groups excluding tert-OH is 1. The monoisotopic (exact) mass is 285 g/mol. The SMILES string of the molecule is NC(=O)c1cc(N2CCCC(CO)C2)nc2ccccc12. The third kappa shape index (κ3) is 2.69. The van der Waals surface area contributed by atoms with Crippen LogP contribution in [0.3, 0.4) is 0 Å². The quantitative estimate of drug-likeness (QED) is 0.896. The first-order valence-electron chi connectivity index (χ1n) is 7.24. The molecule has 0 aliphatic carbocycles. The average Bonchev–Trinajstić information content (AvgIpc) is 2.53. The van der Waals surface area contributed by atoms with Crippen LogP contribution in [0.25, 0.3) is 10.9 Å². The molecule has 1 aromatic heterocycles. The number of benzene rings is 1. The van der Waals surface area contributed by atoms with Gasteiger partial charge in [-0.25, -0.2) is 4.98 Å². The van der Waals surface area contributed by atoms with Crippen LogP contribution in [0, 0.1) is 5.92 Å². The molecule has 2 heterocycles. The fraction of sp³-hybridized carbons (Fsp3) is 0.375. The molecule has 1 fully saturated rings. The molecular weight excluding hydrogens is 266 g/mol. The Morgan fingerprint density at radius 3 is 3.00 bits per heavy atom. The Hall–Kier alpha value is -2.14. The summed E-state index contributed by atoms with van der Waals surface area (Å²) in [5.74, 6) is 0.593. The summed E-state index contributed by atoms with van der Waals surface area (Å²) in [5.41, 5.74) is 6.78. The molecule has 0 spiro atoms. The van der Waals surface area contributed by atoms with E-state index in [1.54, 1.807) is 6.07 Å². The highest BCUT2D eigenvalue weighted by Crippen LogP contribution is 2.26. The number of aromatic nitrogens is 1. The third-order valence-electron chi connectivity index (χ3n) is 4.07. The van der Waals surface area contributed by atoms with Gasteiger partial charge in [0.05, 0.1) is 11.1 Å². The smallest absolute Gasteiger partial charge is 0.249 e. The van der Waals surface area contributed by atoms with Crippen LogP contribution in [0.15, 0.2) is 30.3 Å². The molecule has 1 amide bonds. The molecule has 0 saturated carbocycles. The van der Waals surface area contributed by atoms with Crippen LogP contribution in [0.5, 0.6) is 0 Å². The maximum Gasteiger partial charge on any atom is 0.249 e. The lowest BCUT2D eigenvalue weighted by Crippen LogP contribution is -2.37. The van der Waals surface area contributed by atoms with Gasteiger partial charge in [0.25, 0.3) is 0 Å². The van der Waals surface area contributed by atoms with Crippen molar-refractivity contribution in [3.8, 4) is 0 Å². The van der Waals surface area contributed by atoms with Crippen LogP contribution in [-0.4, -0.2) is 35.7 Å². The highest BCUT2D eigenvalue weighted by Gasteiger charge is 2.21. The normalized spacial score (nSPS) is 18.9. The van der Waals surface area contributed by atoms with Crippen molar-refractivity contribution in [3.63, 3.8) is 0 Å². The number of amides is 1. The second-order valence-corrected chi connectivity index (χ2v) is 5.55. The first-order valence-corrected chi connectivity index (χ1v) is 7.24. The van der Waals surface area contributed by atoms with Crippen molar-refractivity contribution < 1.29 is 9.90 Å². The van der Waals surface area contributed by atoms with Gasteiger partial charge in [0, 0.05) is 25.1 Å². The fourth-order valence-electron chi connectivity index (χ4n) is 2.95. The predicted octanol–water partition coefficient (Wildman–Crippen LogP) is 1.54. The van der Waals surface area contributed by atoms with Crippen molar-refractivity contribution in [1.82, 2.24) is 4.98 Å². The molecule has 0 radical (unpaired) electrons. The van der Waals surface area contributed by atoms with Gasteiger partial charge in [-0.2, -0.15) is 0 Å². The van der Waals surface area contributed by atoms with Crippen LogP contribution in [0.4, 0.5) is 5.82 Å². The maximum atomic E-state index is 11.7. The molecule has 1 atom stereocenters. The molecule has 5 nitrogen and oxygen atoms in total. The van der Waals surface area contributed by atoms with Crippen LogP contribution < -0.4 is 10.6 Å². The Kier molecular flexibility index (Phi) is 3.75. The lowest BCUT2D eigenvalue weighted by atomic mass is 9.98. The number of anilines is 1. The molecule has 1 unspecified atom stereocenters. The molecule has 1 aromatic carbocycles. The largest absolute Gasteiger partial charge is 0.396 e. The fourth-order valence-corrected chi connectivity index (χ4v) is 2.95. The van der Waals surface area contributed by atoms with Gasteiger partial charge in [0.15, 0.2) is 0 Å². The number of nitrogens with two attached hydrogens (primary N) is 1. The topological polar surface area (TPSA) is 79.5 Å². The van der Waals surface area contributed by atoms with E-state index in [1.165, 1.54) is 0 Å². The molecule has 2 aromatic rings. The Balaban J connectivity index is 2.04. The van der Waals surface area contributed by atoms with Crippen molar-refractivity contribution in [2.75, 3.05) is 24.6 Å². The summed E-state index contributed by atoms with van der Waals surface area (Å²) in [6.07, 6.45) is 2.05. The highest BCUT2D eigenvalue weighted by atomic mass is 16.3. The minimum Gasteiger partial charge on any atom is -0.396 e. The Labute approximate surface area is 123 Å². The number of rotatable bonds is 3. The van der Waals surface area contributed by atoms with E-state index in [0.29, 0.717) is 5.56 Å². The van der Waals surface area contributed by atoms with E-state index in [2.05, 4.69) is 9.88 Å². The van der Waals surface area contributed by atoms with Gasteiger partial charge in [0.2, 0.25) is 5.91 Å². The number of pyridine rings is 1. The molecule has 3 rings (SSSR count). The van der Waals surface area contributed by atoms with Gasteiger partial charge in [-0.05, 0) is 30.9 Å². The Morgan fingerprint density at radius 2 is 2.24 bits per heavy atom. The standard InChI is InChI=1S/C16H19N3O2/c17-16(21)13-8-15(18-14-6-2-1-5-12(13)14)19-7-3-4-11(9-19)10-20/h1-2,5-6,8,11,20H,3-4,7,9-10H2,(H2,17,21). The van der Waals surface area contributed by atoms with Gasteiger partial charge < -0.3 is 15.7 Å². The number of aliphatic hydroxyl groups is 1. The van der Waals surface area contributed by atoms with E-state index in [9.17, 15) is 9.90 Å².